The summed E-state index contributed by atoms with van der Waals surface area (Å²) in [4.78, 5) is 0. The van der Waals surface area contributed by atoms with Gasteiger partial charge in [0.1, 0.15) is 0 Å². The van der Waals surface area contributed by atoms with Crippen molar-refractivity contribution in [1.29, 1.82) is 0 Å². The molecule has 0 nitrogen and oxygen atoms in total. The first-order valence-electron chi connectivity index (χ1n) is 0. The van der Waals surface area contributed by atoms with Gasteiger partial charge in [-0.3, -0.25) is 0 Å². The van der Waals surface area contributed by atoms with E-state index in [-0.39, 0.29) is 93.0 Å². The van der Waals surface area contributed by atoms with Crippen molar-refractivity contribution in [2.24, 2.45) is 0 Å². The van der Waals surface area contributed by atoms with Gasteiger partial charge in [0.15, 0.2) is 0 Å². The molecule has 0 saturated carbocycles. The Morgan fingerprint density at radius 3 is 0.500 bits per heavy atom. The van der Waals surface area contributed by atoms with E-state index in [0.29, 0.717) is 0 Å². The molecule has 0 aromatic rings. The molecular weight excluding hydrogens is 438 g/mol. The molecule has 0 aromatic carbocycles. The summed E-state index contributed by atoms with van der Waals surface area (Å²) in [6.45, 7) is 0. The standard InChI is InChI=1S/3Ag.In. The summed E-state index contributed by atoms with van der Waals surface area (Å²) >= 11 is 0. The van der Waals surface area contributed by atoms with Crippen molar-refractivity contribution < 1.29 is 67.1 Å². The number of hydrogen-bond donors (Lipinski definition) is 0. The molecule has 0 fully saturated rings. The van der Waals surface area contributed by atoms with Crippen LogP contribution < -0.4 is 0 Å². The number of rotatable bonds is 0. The summed E-state index contributed by atoms with van der Waals surface area (Å²) in [5.41, 5.74) is 0. The van der Waals surface area contributed by atoms with Crippen LogP contribution in [0.3, 0.4) is 0 Å². The maximum Gasteiger partial charge on any atom is 0 e. The van der Waals surface area contributed by atoms with E-state index in [2.05, 4.69) is 0 Å². The summed E-state index contributed by atoms with van der Waals surface area (Å²) in [5.74, 6) is 0. The molecule has 0 aliphatic rings. The van der Waals surface area contributed by atoms with E-state index in [0.717, 1.165) is 0 Å². The second-order valence-corrected chi connectivity index (χ2v) is 0. The zero-order valence-electron chi connectivity index (χ0n) is 1.48. The summed E-state index contributed by atoms with van der Waals surface area (Å²) < 4.78 is 0. The molecule has 0 bridgehead atoms. The predicted molar refractivity (Wildman–Crippen MR) is 5.75 cm³/mol. The second kappa shape index (κ2) is 16.5. The Morgan fingerprint density at radius 1 is 0.500 bits per heavy atom. The molecule has 0 aliphatic heterocycles. The molecule has 4 heteroatoms. The molecule has 0 spiro atoms. The van der Waals surface area contributed by atoms with Gasteiger partial charge in [-0.2, -0.15) is 0 Å². The normalized spacial score (nSPS) is 0. The van der Waals surface area contributed by atoms with Gasteiger partial charge in [-0.1, -0.05) is 0 Å². The first-order valence-corrected chi connectivity index (χ1v) is 0. The second-order valence-electron chi connectivity index (χ2n) is 0. The third kappa shape index (κ3) is 8.92. The van der Waals surface area contributed by atoms with E-state index in [1.807, 2.05) is 0 Å². The third-order valence-corrected chi connectivity index (χ3v) is 0. The Kier molecular flexibility index (Phi) is 114. The van der Waals surface area contributed by atoms with Crippen molar-refractivity contribution >= 4 is 25.8 Å². The third-order valence-electron chi connectivity index (χ3n) is 0. The molecule has 0 saturated heterocycles. The van der Waals surface area contributed by atoms with Gasteiger partial charge in [-0.25, -0.2) is 0 Å². The Hall–Kier alpha value is 3.09. The minimum atomic E-state index is 0. The zero-order chi connectivity index (χ0) is 0. The van der Waals surface area contributed by atoms with Crippen molar-refractivity contribution in [3.8, 4) is 0 Å². The molecule has 0 N–H and O–H groups in total. The van der Waals surface area contributed by atoms with Gasteiger partial charge in [-0.15, -0.1) is 0 Å². The predicted octanol–water partition coefficient (Wildman–Crippen LogP) is -0.388. The van der Waals surface area contributed by atoms with Gasteiger partial charge in [0.25, 0.3) is 0 Å². The van der Waals surface area contributed by atoms with Gasteiger partial charge in [0, 0.05) is 93.0 Å². The zero-order valence-corrected chi connectivity index (χ0v) is 9.22. The quantitative estimate of drug-likeness (QED) is 0.453. The maximum absolute atomic E-state index is 0. The average molecular weight is 438 g/mol. The van der Waals surface area contributed by atoms with E-state index >= 15 is 0 Å². The topological polar surface area (TPSA) is 0 Å². The molecule has 6 radical (unpaired) electrons. The Bertz CT molecular complexity index is 3.25. The van der Waals surface area contributed by atoms with Gasteiger partial charge in [0.2, 0.25) is 0 Å². The van der Waals surface area contributed by atoms with Crippen molar-refractivity contribution in [1.82, 2.24) is 0 Å². The Balaban J connectivity index is 0. The fraction of sp³-hybridized carbons (Fsp3) is 0. The first-order chi connectivity index (χ1) is 0. The number of hydrogen-bond acceptors (Lipinski definition) is 0. The van der Waals surface area contributed by atoms with Crippen molar-refractivity contribution in [3.63, 3.8) is 0 Å². The molecule has 0 atom stereocenters. The fourth-order valence-electron chi connectivity index (χ4n) is 0. The summed E-state index contributed by atoms with van der Waals surface area (Å²) in [6, 6.07) is 0. The van der Waals surface area contributed by atoms with Crippen LogP contribution >= 0.6 is 0 Å². The van der Waals surface area contributed by atoms with E-state index < -0.39 is 0 Å². The van der Waals surface area contributed by atoms with Crippen LogP contribution in [0.2, 0.25) is 0 Å². The van der Waals surface area contributed by atoms with Crippen LogP contribution in [0, 0.1) is 0 Å². The maximum atomic E-state index is 0. The van der Waals surface area contributed by atoms with Crippen LogP contribution in [0.15, 0.2) is 0 Å². The summed E-state index contributed by atoms with van der Waals surface area (Å²) in [6.07, 6.45) is 0. The van der Waals surface area contributed by atoms with Gasteiger partial charge < -0.3 is 0 Å². The van der Waals surface area contributed by atoms with Crippen LogP contribution in [0.1, 0.15) is 0 Å². The van der Waals surface area contributed by atoms with Crippen molar-refractivity contribution in [2.45, 2.75) is 0 Å². The van der Waals surface area contributed by atoms with Crippen LogP contribution in [-0.4, -0.2) is 25.8 Å². The van der Waals surface area contributed by atoms with Crippen molar-refractivity contribution in [3.05, 3.63) is 0 Å². The monoisotopic (exact) mass is 436 g/mol. The fourth-order valence-corrected chi connectivity index (χ4v) is 0. The SMILES string of the molecule is [Ag].[Ag].[Ag].[In]. The molecule has 0 heterocycles. The molecular formula is Ag3In. The van der Waals surface area contributed by atoms with Crippen LogP contribution in [-0.2, 0) is 67.1 Å². The molecule has 0 unspecified atom stereocenters. The van der Waals surface area contributed by atoms with E-state index in [9.17, 15) is 0 Å². The molecule has 0 aliphatic carbocycles. The van der Waals surface area contributed by atoms with Crippen molar-refractivity contribution in [2.75, 3.05) is 0 Å². The summed E-state index contributed by atoms with van der Waals surface area (Å²) in [7, 11) is 0. The molecule has 0 aromatic heterocycles. The largest absolute Gasteiger partial charge is 0 e. The van der Waals surface area contributed by atoms with Crippen LogP contribution in [0.25, 0.3) is 0 Å². The summed E-state index contributed by atoms with van der Waals surface area (Å²) in [5, 5.41) is 0. The average Bonchev–Trinajstić information content (AvgIpc) is 0. The van der Waals surface area contributed by atoms with Gasteiger partial charge >= 0.3 is 0 Å². The first kappa shape index (κ1) is 27.5. The minimum Gasteiger partial charge on any atom is 0 e. The Morgan fingerprint density at radius 2 is 0.500 bits per heavy atom. The molecule has 0 rings (SSSR count). The van der Waals surface area contributed by atoms with E-state index in [1.165, 1.54) is 0 Å². The smallest absolute Gasteiger partial charge is 0 e. The van der Waals surface area contributed by atoms with E-state index in [4.69, 9.17) is 0 Å². The minimum absolute atomic E-state index is 0. The Labute approximate surface area is 91.2 Å². The van der Waals surface area contributed by atoms with Crippen LogP contribution in [0.4, 0.5) is 0 Å². The molecule has 4 heavy (non-hydrogen) atoms. The van der Waals surface area contributed by atoms with Gasteiger partial charge in [0.05, 0.1) is 0 Å². The molecule has 0 amide bonds. The van der Waals surface area contributed by atoms with Gasteiger partial charge in [-0.05, 0) is 0 Å². The molecule has 36 valence electrons. The van der Waals surface area contributed by atoms with Crippen LogP contribution in [0.5, 0.6) is 0 Å². The van der Waals surface area contributed by atoms with E-state index in [1.54, 1.807) is 0 Å².